The summed E-state index contributed by atoms with van der Waals surface area (Å²) in [6.07, 6.45) is 3.43. The van der Waals surface area contributed by atoms with Gasteiger partial charge in [0.15, 0.2) is 0 Å². The number of benzene rings is 1. The van der Waals surface area contributed by atoms with Crippen molar-refractivity contribution in [1.82, 2.24) is 14.7 Å². The highest BCUT2D eigenvalue weighted by molar-refractivity contribution is 5.24. The Kier molecular flexibility index (Phi) is 3.88. The maximum atomic E-state index is 4.70. The number of hydrogen-bond acceptors (Lipinski definition) is 2. The molecule has 1 aromatic carbocycles. The first-order chi connectivity index (χ1) is 9.72. The van der Waals surface area contributed by atoms with E-state index in [1.54, 1.807) is 0 Å². The van der Waals surface area contributed by atoms with Gasteiger partial charge < -0.3 is 4.90 Å². The summed E-state index contributed by atoms with van der Waals surface area (Å²) in [4.78, 5) is 2.41. The van der Waals surface area contributed by atoms with Crippen LogP contribution >= 0.6 is 0 Å². The molecule has 3 rings (SSSR count). The zero-order chi connectivity index (χ0) is 13.9. The van der Waals surface area contributed by atoms with Crippen LogP contribution in [0.4, 0.5) is 0 Å². The van der Waals surface area contributed by atoms with Crippen molar-refractivity contribution in [3.63, 3.8) is 0 Å². The third-order valence-corrected chi connectivity index (χ3v) is 4.33. The van der Waals surface area contributed by atoms with Crippen LogP contribution in [-0.2, 0) is 13.5 Å². The number of likely N-dealkylation sites (tertiary alicyclic amines) is 1. The van der Waals surface area contributed by atoms with Crippen LogP contribution in [0.2, 0.25) is 0 Å². The maximum Gasteiger partial charge on any atom is 0.0671 e. The molecule has 1 fully saturated rings. The Labute approximate surface area is 121 Å². The molecule has 1 aromatic heterocycles. The molecule has 0 spiro atoms. The first-order valence-electron chi connectivity index (χ1n) is 7.47. The molecule has 0 radical (unpaired) electrons. The van der Waals surface area contributed by atoms with E-state index in [2.05, 4.69) is 60.1 Å². The molecule has 0 bridgehead atoms. The van der Waals surface area contributed by atoms with E-state index in [-0.39, 0.29) is 0 Å². The molecule has 3 heteroatoms. The van der Waals surface area contributed by atoms with Crippen LogP contribution in [0, 0.1) is 0 Å². The van der Waals surface area contributed by atoms with Crippen LogP contribution in [0.25, 0.3) is 0 Å². The molecule has 1 aliphatic rings. The number of aryl methyl sites for hydroxylation is 1. The quantitative estimate of drug-likeness (QED) is 0.854. The van der Waals surface area contributed by atoms with Gasteiger partial charge in [0.1, 0.15) is 0 Å². The third-order valence-electron chi connectivity index (χ3n) is 4.33. The van der Waals surface area contributed by atoms with E-state index in [0.717, 1.165) is 6.42 Å². The van der Waals surface area contributed by atoms with Crippen LogP contribution in [0.15, 0.2) is 36.4 Å². The predicted octanol–water partition coefficient (Wildman–Crippen LogP) is 2.82. The average Bonchev–Trinajstić information content (AvgIpc) is 2.81. The zero-order valence-electron chi connectivity index (χ0n) is 12.4. The Morgan fingerprint density at radius 1 is 1.10 bits per heavy atom. The fourth-order valence-corrected chi connectivity index (χ4v) is 3.12. The highest BCUT2D eigenvalue weighted by atomic mass is 15.3. The molecule has 106 valence electrons. The lowest BCUT2D eigenvalue weighted by Gasteiger charge is -2.28. The average molecular weight is 269 g/mol. The van der Waals surface area contributed by atoms with Gasteiger partial charge in [-0.15, -0.1) is 0 Å². The molecule has 0 aliphatic carbocycles. The van der Waals surface area contributed by atoms with Crippen molar-refractivity contribution < 1.29 is 0 Å². The smallest absolute Gasteiger partial charge is 0.0671 e. The zero-order valence-corrected chi connectivity index (χ0v) is 12.4. The van der Waals surface area contributed by atoms with Crippen molar-refractivity contribution in [3.8, 4) is 0 Å². The van der Waals surface area contributed by atoms with Crippen LogP contribution in [0.1, 0.15) is 35.7 Å². The van der Waals surface area contributed by atoms with E-state index >= 15 is 0 Å². The van der Waals surface area contributed by atoms with Crippen molar-refractivity contribution >= 4 is 0 Å². The number of aromatic nitrogens is 2. The molecule has 0 atom stereocenters. The second kappa shape index (κ2) is 5.80. The summed E-state index contributed by atoms with van der Waals surface area (Å²) < 4.78 is 2.09. The van der Waals surface area contributed by atoms with Gasteiger partial charge in [0.25, 0.3) is 0 Å². The second-order valence-corrected chi connectivity index (χ2v) is 5.92. The van der Waals surface area contributed by atoms with E-state index in [0.29, 0.717) is 5.92 Å². The number of nitrogens with zero attached hydrogens (tertiary/aromatic N) is 3. The van der Waals surface area contributed by atoms with Crippen LogP contribution < -0.4 is 0 Å². The molecule has 0 saturated carbocycles. The summed E-state index contributed by atoms with van der Waals surface area (Å²) >= 11 is 0. The lowest BCUT2D eigenvalue weighted by molar-refractivity contribution is 0.251. The van der Waals surface area contributed by atoms with E-state index in [1.165, 1.54) is 42.9 Å². The fraction of sp³-hybridized carbons (Fsp3) is 0.471. The molecule has 1 saturated heterocycles. The van der Waals surface area contributed by atoms with Gasteiger partial charge in [0, 0.05) is 25.1 Å². The number of piperidine rings is 1. The monoisotopic (exact) mass is 269 g/mol. The lowest BCUT2D eigenvalue weighted by Crippen LogP contribution is -2.29. The molecular formula is C17H23N3. The summed E-state index contributed by atoms with van der Waals surface area (Å²) in [5.41, 5.74) is 3.93. The molecular weight excluding hydrogens is 246 g/mol. The van der Waals surface area contributed by atoms with Crippen LogP contribution in [0.3, 0.4) is 0 Å². The molecule has 0 unspecified atom stereocenters. The van der Waals surface area contributed by atoms with Gasteiger partial charge in [-0.05, 0) is 44.6 Å². The summed E-state index contributed by atoms with van der Waals surface area (Å²) in [6, 6.07) is 12.9. The minimum Gasteiger partial charge on any atom is -0.306 e. The van der Waals surface area contributed by atoms with Gasteiger partial charge in [-0.1, -0.05) is 30.3 Å². The minimum absolute atomic E-state index is 0.674. The Bertz CT molecular complexity index is 551. The highest BCUT2D eigenvalue weighted by Gasteiger charge is 2.21. The van der Waals surface area contributed by atoms with Crippen LogP contribution in [0.5, 0.6) is 0 Å². The van der Waals surface area contributed by atoms with Gasteiger partial charge in [-0.25, -0.2) is 0 Å². The normalized spacial score (nSPS) is 17.5. The van der Waals surface area contributed by atoms with Gasteiger partial charge in [-0.3, -0.25) is 4.68 Å². The summed E-state index contributed by atoms with van der Waals surface area (Å²) in [5, 5.41) is 4.70. The van der Waals surface area contributed by atoms with Gasteiger partial charge in [0.2, 0.25) is 0 Å². The topological polar surface area (TPSA) is 21.1 Å². The third kappa shape index (κ3) is 2.93. The largest absolute Gasteiger partial charge is 0.306 e. The Morgan fingerprint density at radius 2 is 1.80 bits per heavy atom. The maximum absolute atomic E-state index is 4.70. The van der Waals surface area contributed by atoms with Crippen LogP contribution in [-0.4, -0.2) is 34.8 Å². The second-order valence-electron chi connectivity index (χ2n) is 5.92. The minimum atomic E-state index is 0.674. The Balaban J connectivity index is 1.74. The van der Waals surface area contributed by atoms with Crippen molar-refractivity contribution in [2.75, 3.05) is 20.1 Å². The molecule has 20 heavy (non-hydrogen) atoms. The van der Waals surface area contributed by atoms with E-state index in [9.17, 15) is 0 Å². The lowest BCUT2D eigenvalue weighted by atomic mass is 9.93. The first-order valence-corrected chi connectivity index (χ1v) is 7.47. The molecule has 0 amide bonds. The summed E-state index contributed by atoms with van der Waals surface area (Å²) in [7, 11) is 4.29. The molecule has 2 aromatic rings. The number of rotatable bonds is 3. The summed E-state index contributed by atoms with van der Waals surface area (Å²) in [5.74, 6) is 0.674. The van der Waals surface area contributed by atoms with Gasteiger partial charge in [-0.2, -0.15) is 5.10 Å². The van der Waals surface area contributed by atoms with Gasteiger partial charge >= 0.3 is 0 Å². The SMILES string of the molecule is CN1CCC(c2cc(Cc3ccccc3)nn2C)CC1. The molecule has 3 nitrogen and oxygen atoms in total. The fourth-order valence-electron chi connectivity index (χ4n) is 3.12. The standard InChI is InChI=1S/C17H23N3/c1-19-10-8-15(9-11-19)17-13-16(18-20(17)2)12-14-6-4-3-5-7-14/h3-7,13,15H,8-12H2,1-2H3. The van der Waals surface area contributed by atoms with Crippen molar-refractivity contribution in [1.29, 1.82) is 0 Å². The molecule has 2 heterocycles. The highest BCUT2D eigenvalue weighted by Crippen LogP contribution is 2.28. The Morgan fingerprint density at radius 3 is 2.50 bits per heavy atom. The van der Waals surface area contributed by atoms with Crippen molar-refractivity contribution in [2.24, 2.45) is 7.05 Å². The molecule has 0 N–H and O–H groups in total. The first kappa shape index (κ1) is 13.4. The molecule has 1 aliphatic heterocycles. The van der Waals surface area contributed by atoms with Gasteiger partial charge in [0.05, 0.1) is 5.69 Å². The Hall–Kier alpha value is -1.61. The van der Waals surface area contributed by atoms with E-state index < -0.39 is 0 Å². The number of hydrogen-bond donors (Lipinski definition) is 0. The predicted molar refractivity (Wildman–Crippen MR) is 81.9 cm³/mol. The van der Waals surface area contributed by atoms with Crippen molar-refractivity contribution in [2.45, 2.75) is 25.2 Å². The van der Waals surface area contributed by atoms with E-state index in [1.807, 2.05) is 0 Å². The van der Waals surface area contributed by atoms with E-state index in [4.69, 9.17) is 5.10 Å². The summed E-state index contributed by atoms with van der Waals surface area (Å²) in [6.45, 7) is 2.40. The van der Waals surface area contributed by atoms with Crippen molar-refractivity contribution in [3.05, 3.63) is 53.3 Å².